The van der Waals surface area contributed by atoms with Gasteiger partial charge < -0.3 is 12.6 Å². The van der Waals surface area contributed by atoms with Crippen LogP contribution in [0.1, 0.15) is 28.4 Å². The van der Waals surface area contributed by atoms with E-state index in [0.717, 1.165) is 27.1 Å². The van der Waals surface area contributed by atoms with Crippen LogP contribution in [0.25, 0.3) is 11.4 Å². The Labute approximate surface area is 334 Å². The number of thiazole rings is 1. The standard InChI is InChI=1S/C8H5BrN2S.C8H6N2OS.C7H6BrNO.CHNS.CH4.2BrH.K/c9-8-11-7(5-12-8)6-3-1-2-4-10-6;9-6-12-5-8(11)7-3-1-2-4-10-7;8-5-7(10)6-3-1-2-4-9-6;2-1-3;;;;/h1-5H;1-4H,5H2;1-4H,5H2;3H;1H4;2*1H;/q;;;;;;;+1/p-1. The summed E-state index contributed by atoms with van der Waals surface area (Å²) in [5, 5.41) is 20.8. The summed E-state index contributed by atoms with van der Waals surface area (Å²) in [6, 6.07) is 16.2. The van der Waals surface area contributed by atoms with Gasteiger partial charge in [0.25, 0.3) is 0 Å². The van der Waals surface area contributed by atoms with Gasteiger partial charge in [-0.05, 0) is 64.1 Å². The summed E-state index contributed by atoms with van der Waals surface area (Å²) >= 11 is 12.6. The second-order valence-corrected chi connectivity index (χ2v) is 9.72. The molecule has 41 heavy (non-hydrogen) atoms. The molecule has 0 spiro atoms. The van der Waals surface area contributed by atoms with Crippen LogP contribution in [0.5, 0.6) is 0 Å². The minimum atomic E-state index is -0.109. The first kappa shape index (κ1) is 47.5. The number of carbonyl (C=O) groups excluding carboxylic acids is 2. The Morgan fingerprint density at radius 3 is 1.73 bits per heavy atom. The SMILES string of the molecule is Br.Br.Brc1nc(-c2ccccn2)cs1.C.N#CSCC(=O)c1ccccn1.N#C[S-].O=C(CBr)c1ccccn1.[K+]. The number of hydrogen-bond acceptors (Lipinski definition) is 11. The number of nitriles is 2. The fourth-order valence-corrected chi connectivity index (χ4v) is 3.81. The molecule has 0 fully saturated rings. The molecule has 0 aromatic carbocycles. The maximum Gasteiger partial charge on any atom is 1.00 e. The van der Waals surface area contributed by atoms with E-state index in [1.54, 1.807) is 66.3 Å². The quantitative estimate of drug-likeness (QED) is 0.0865. The summed E-state index contributed by atoms with van der Waals surface area (Å²) in [5.41, 5.74) is 2.77. The first-order valence-electron chi connectivity index (χ1n) is 9.95. The van der Waals surface area contributed by atoms with Crippen LogP contribution in [0, 0.1) is 21.3 Å². The molecule has 212 valence electrons. The van der Waals surface area contributed by atoms with Crippen molar-refractivity contribution < 1.29 is 61.0 Å². The normalized spacial score (nSPS) is 8.00. The van der Waals surface area contributed by atoms with Gasteiger partial charge in [0.05, 0.1) is 16.8 Å². The van der Waals surface area contributed by atoms with Crippen molar-refractivity contribution in [1.82, 2.24) is 19.9 Å². The predicted molar refractivity (Wildman–Crippen MR) is 182 cm³/mol. The number of carbonyl (C=O) groups is 2. The third-order valence-electron chi connectivity index (χ3n) is 3.69. The van der Waals surface area contributed by atoms with Gasteiger partial charge >= 0.3 is 51.4 Å². The van der Waals surface area contributed by atoms with Gasteiger partial charge in [0.2, 0.25) is 0 Å². The van der Waals surface area contributed by atoms with Crippen molar-refractivity contribution in [3.8, 4) is 22.2 Å². The summed E-state index contributed by atoms with van der Waals surface area (Å²) in [5.74, 6) is 0.0794. The molecule has 4 aromatic rings. The van der Waals surface area contributed by atoms with Crippen LogP contribution in [0.4, 0.5) is 0 Å². The second-order valence-electron chi connectivity index (χ2n) is 6.08. The zero-order chi connectivity index (χ0) is 27.3. The number of pyridine rings is 3. The van der Waals surface area contributed by atoms with Gasteiger partial charge in [-0.25, -0.2) is 10.2 Å². The third kappa shape index (κ3) is 21.8. The van der Waals surface area contributed by atoms with Crippen molar-refractivity contribution in [2.24, 2.45) is 0 Å². The Hall–Kier alpha value is -0.474. The summed E-state index contributed by atoms with van der Waals surface area (Å²) in [6.45, 7) is 0. The fraction of sp³-hybridized carbons (Fsp3) is 0.120. The first-order valence-corrected chi connectivity index (χ1v) is 14.1. The van der Waals surface area contributed by atoms with Gasteiger partial charge in [0.1, 0.15) is 22.5 Å². The number of rotatable bonds is 6. The number of hydrogen-bond donors (Lipinski definition) is 0. The predicted octanol–water partition coefficient (Wildman–Crippen LogP) is 4.92. The molecule has 0 aliphatic heterocycles. The molecule has 0 unspecified atom stereocenters. The molecule has 0 atom stereocenters. The number of thioether (sulfide) groups is 1. The van der Waals surface area contributed by atoms with Crippen LogP contribution in [-0.4, -0.2) is 42.6 Å². The largest absolute Gasteiger partial charge is 1.00 e. The van der Waals surface area contributed by atoms with Gasteiger partial charge in [-0.2, -0.15) is 5.26 Å². The molecule has 0 bridgehead atoms. The molecule has 4 aromatic heterocycles. The van der Waals surface area contributed by atoms with E-state index in [4.69, 9.17) is 10.5 Å². The van der Waals surface area contributed by atoms with Gasteiger partial charge in [0.15, 0.2) is 15.5 Å². The van der Waals surface area contributed by atoms with E-state index < -0.39 is 0 Å². The van der Waals surface area contributed by atoms with Crippen molar-refractivity contribution in [2.75, 3.05) is 11.1 Å². The summed E-state index contributed by atoms with van der Waals surface area (Å²) in [7, 11) is 0. The number of Topliss-reactive ketones (excluding diaryl/α,β-unsaturated/α-hetero) is 2. The molecule has 0 amide bonds. The Morgan fingerprint density at radius 2 is 1.37 bits per heavy atom. The van der Waals surface area contributed by atoms with Crippen molar-refractivity contribution in [1.29, 1.82) is 10.5 Å². The van der Waals surface area contributed by atoms with E-state index in [9.17, 15) is 9.59 Å². The van der Waals surface area contributed by atoms with E-state index in [1.165, 1.54) is 5.40 Å². The Kier molecular flexibility index (Phi) is 35.8. The Balaban J connectivity index is -0.000000229. The monoisotopic (exact) mass is 890 g/mol. The number of nitrogens with zero attached hydrogens (tertiary/aromatic N) is 6. The van der Waals surface area contributed by atoms with Gasteiger partial charge in [-0.15, -0.1) is 45.3 Å². The molecule has 4 rings (SSSR count). The molecule has 16 heteroatoms. The Morgan fingerprint density at radius 1 is 0.878 bits per heavy atom. The van der Waals surface area contributed by atoms with Crippen LogP contribution >= 0.6 is 88.9 Å². The molecule has 0 saturated heterocycles. The smallest absolute Gasteiger partial charge is 0.696 e. The van der Waals surface area contributed by atoms with E-state index in [-0.39, 0.29) is 110 Å². The molecule has 0 aliphatic carbocycles. The number of alkyl halides is 1. The number of aromatic nitrogens is 4. The van der Waals surface area contributed by atoms with Crippen LogP contribution < -0.4 is 51.4 Å². The summed E-state index contributed by atoms with van der Waals surface area (Å²) in [4.78, 5) is 38.2. The summed E-state index contributed by atoms with van der Waals surface area (Å²) < 4.78 is 0.892. The Bertz CT molecular complexity index is 1310. The van der Waals surface area contributed by atoms with Crippen LogP contribution in [0.15, 0.2) is 82.5 Å². The average molecular weight is 894 g/mol. The van der Waals surface area contributed by atoms with Gasteiger partial charge in [0, 0.05) is 24.0 Å². The molecule has 0 aliphatic rings. The molecule has 0 radical (unpaired) electrons. The maximum atomic E-state index is 11.2. The second kappa shape index (κ2) is 31.0. The van der Waals surface area contributed by atoms with Crippen LogP contribution in [-0.2, 0) is 12.6 Å². The van der Waals surface area contributed by atoms with Gasteiger partial charge in [-0.3, -0.25) is 24.5 Å². The average Bonchev–Trinajstić information content (AvgIpc) is 3.40. The van der Waals surface area contributed by atoms with Crippen molar-refractivity contribution in [2.45, 2.75) is 7.43 Å². The fourth-order valence-electron chi connectivity index (χ4n) is 2.18. The third-order valence-corrected chi connectivity index (χ3v) is 6.10. The van der Waals surface area contributed by atoms with E-state index in [1.807, 2.05) is 29.0 Å². The molecule has 8 nitrogen and oxygen atoms in total. The number of ketones is 2. The van der Waals surface area contributed by atoms with E-state index in [0.29, 0.717) is 16.7 Å². The molecule has 0 saturated carbocycles. The number of halogens is 4. The van der Waals surface area contributed by atoms with Crippen molar-refractivity contribution >= 4 is 113 Å². The van der Waals surface area contributed by atoms with E-state index in [2.05, 4.69) is 64.4 Å². The molecule has 4 heterocycles. The van der Waals surface area contributed by atoms with Gasteiger partial charge in [-0.1, -0.05) is 47.0 Å². The first-order chi connectivity index (χ1) is 18.0. The van der Waals surface area contributed by atoms with Crippen molar-refractivity contribution in [3.63, 3.8) is 0 Å². The molecule has 0 N–H and O–H groups in total. The van der Waals surface area contributed by atoms with Crippen molar-refractivity contribution in [3.05, 3.63) is 93.9 Å². The molecular weight excluding hydrogens is 871 g/mol. The minimum absolute atomic E-state index is 0. The minimum Gasteiger partial charge on any atom is -0.696 e. The number of thiocyanates is 2. The van der Waals surface area contributed by atoms with E-state index >= 15 is 0 Å². The molecular formula is C25H23Br4KN6O2S3. The summed E-state index contributed by atoms with van der Waals surface area (Å²) in [6.07, 6.45) is 4.93. The zero-order valence-electron chi connectivity index (χ0n) is 20.7. The topological polar surface area (TPSA) is 133 Å². The van der Waals surface area contributed by atoms with Crippen LogP contribution in [0.2, 0.25) is 0 Å². The zero-order valence-corrected chi connectivity index (χ0v) is 32.9. The maximum absolute atomic E-state index is 11.2. The van der Waals surface area contributed by atoms with Crippen LogP contribution in [0.3, 0.4) is 0 Å².